The van der Waals surface area contributed by atoms with Gasteiger partial charge >= 0.3 is 12.3 Å². The molecule has 2 atom stereocenters. The van der Waals surface area contributed by atoms with E-state index in [0.717, 1.165) is 17.0 Å². The van der Waals surface area contributed by atoms with Gasteiger partial charge in [-0.2, -0.15) is 0 Å². The molecule has 0 fully saturated rings. The number of ether oxygens (including phenoxy) is 2. The van der Waals surface area contributed by atoms with E-state index in [1.54, 1.807) is 12.1 Å². The Morgan fingerprint density at radius 1 is 0.939 bits per heavy atom. The number of carbonyl (C=O) groups is 1. The number of hydrogen-bond acceptors (Lipinski definition) is 3. The van der Waals surface area contributed by atoms with Crippen molar-refractivity contribution >= 4 is 26.5 Å². The van der Waals surface area contributed by atoms with Crippen LogP contribution < -0.4 is 4.74 Å². The summed E-state index contributed by atoms with van der Waals surface area (Å²) < 4.78 is 47.8. The van der Waals surface area contributed by atoms with Crippen LogP contribution in [0.2, 0.25) is 0 Å². The maximum atomic E-state index is 12.8. The number of alkyl halides is 3. The molecular formula is C26H18F3O3S+. The number of benzene rings is 3. The minimum absolute atomic E-state index is 0.204. The normalized spacial score (nSPS) is 13.7. The van der Waals surface area contributed by atoms with Gasteiger partial charge in [0.25, 0.3) is 0 Å². The highest BCUT2D eigenvalue weighted by molar-refractivity contribution is 7.43. The van der Waals surface area contributed by atoms with Crippen LogP contribution in [0.5, 0.6) is 5.75 Å². The first kappa shape index (κ1) is 22.4. The van der Waals surface area contributed by atoms with Crippen molar-refractivity contribution in [2.45, 2.75) is 18.9 Å². The van der Waals surface area contributed by atoms with Crippen molar-refractivity contribution in [1.82, 2.24) is 0 Å². The number of fused-ring (bicyclic) bond motifs is 1. The zero-order valence-electron chi connectivity index (χ0n) is 17.4. The van der Waals surface area contributed by atoms with Gasteiger partial charge in [0.15, 0.2) is 15.2 Å². The average Bonchev–Trinajstić information content (AvgIpc) is 3.22. The van der Waals surface area contributed by atoms with Crippen molar-refractivity contribution in [2.75, 3.05) is 0 Å². The fraction of sp³-hybridized carbons (Fsp3) is 0.115. The van der Waals surface area contributed by atoms with Crippen LogP contribution in [0.25, 0.3) is 15.0 Å². The molecular weight excluding hydrogens is 449 g/mol. The molecule has 1 heterocycles. The molecule has 0 saturated carbocycles. The number of thiophene rings is 1. The lowest BCUT2D eigenvalue weighted by molar-refractivity contribution is -0.274. The molecule has 166 valence electrons. The first-order chi connectivity index (χ1) is 15.7. The highest BCUT2D eigenvalue weighted by atomic mass is 32.2. The number of esters is 1. The summed E-state index contributed by atoms with van der Waals surface area (Å²) in [5.41, 5.74) is -0.808. The SMILES string of the molecule is C#CC(C)(OC(=O)c1ccc(-[s+]2ccc3ccccc32)cc1)c1ccc(OC(F)(F)F)cc1. The van der Waals surface area contributed by atoms with Crippen LogP contribution in [0.15, 0.2) is 84.2 Å². The van der Waals surface area contributed by atoms with E-state index >= 15 is 0 Å². The van der Waals surface area contributed by atoms with E-state index in [2.05, 4.69) is 34.2 Å². The minimum atomic E-state index is -4.80. The van der Waals surface area contributed by atoms with Gasteiger partial charge in [0.1, 0.15) is 11.1 Å². The second kappa shape index (κ2) is 8.64. The predicted octanol–water partition coefficient (Wildman–Crippen LogP) is 7.18. The molecule has 0 saturated heterocycles. The number of rotatable bonds is 5. The lowest BCUT2D eigenvalue weighted by Crippen LogP contribution is -2.27. The van der Waals surface area contributed by atoms with Crippen molar-refractivity contribution in [1.29, 1.82) is 0 Å². The van der Waals surface area contributed by atoms with Gasteiger partial charge in [-0.15, -0.1) is 19.6 Å². The molecule has 1 aromatic heterocycles. The molecule has 0 bridgehead atoms. The molecule has 2 unspecified atom stereocenters. The maximum absolute atomic E-state index is 12.8. The number of terminal acetylenes is 1. The van der Waals surface area contributed by atoms with E-state index in [-0.39, 0.29) is 10.5 Å². The molecule has 0 N–H and O–H groups in total. The van der Waals surface area contributed by atoms with Gasteiger partial charge in [0.05, 0.1) is 5.56 Å². The van der Waals surface area contributed by atoms with Gasteiger partial charge in [0.2, 0.25) is 0 Å². The van der Waals surface area contributed by atoms with E-state index in [1.807, 2.05) is 24.3 Å². The summed E-state index contributed by atoms with van der Waals surface area (Å²) in [5.74, 6) is 1.39. The van der Waals surface area contributed by atoms with Crippen molar-refractivity contribution in [3.8, 4) is 23.0 Å². The summed E-state index contributed by atoms with van der Waals surface area (Å²) in [5, 5.41) is 3.32. The standard InChI is InChI=1S/C26H18F3O3S/c1-3-25(2,20-10-12-21(13-11-20)31-26(27,28)29)32-24(30)19-8-14-22(15-9-19)33-17-16-18-6-4-5-7-23(18)33/h1,4-17H,2H3/q+1. The molecule has 0 aliphatic carbocycles. The van der Waals surface area contributed by atoms with E-state index in [9.17, 15) is 18.0 Å². The Morgan fingerprint density at radius 3 is 2.24 bits per heavy atom. The summed E-state index contributed by atoms with van der Waals surface area (Å²) in [6.07, 6.45) is 0.813. The van der Waals surface area contributed by atoms with Crippen LogP contribution in [-0.4, -0.2) is 12.3 Å². The zero-order chi connectivity index (χ0) is 23.6. The average molecular weight is 467 g/mol. The molecule has 7 heteroatoms. The van der Waals surface area contributed by atoms with Crippen LogP contribution in [0.1, 0.15) is 22.8 Å². The Balaban J connectivity index is 1.52. The number of hydrogen-bond donors (Lipinski definition) is 0. The molecule has 0 spiro atoms. The van der Waals surface area contributed by atoms with Crippen LogP contribution in [0.4, 0.5) is 13.2 Å². The Hall–Kier alpha value is -3.76. The second-order valence-corrected chi connectivity index (χ2v) is 9.20. The van der Waals surface area contributed by atoms with Crippen LogP contribution in [-0.2, 0) is 10.3 Å². The van der Waals surface area contributed by atoms with Gasteiger partial charge in [-0.3, -0.25) is 0 Å². The third-order valence-corrected chi connectivity index (χ3v) is 7.13. The van der Waals surface area contributed by atoms with E-state index < -0.39 is 23.7 Å². The van der Waals surface area contributed by atoms with Crippen molar-refractivity contribution in [3.63, 3.8) is 0 Å². The monoisotopic (exact) mass is 467 g/mol. The molecule has 3 nitrogen and oxygen atoms in total. The molecule has 0 aliphatic heterocycles. The first-order valence-electron chi connectivity index (χ1n) is 9.86. The molecule has 33 heavy (non-hydrogen) atoms. The Morgan fingerprint density at radius 2 is 1.61 bits per heavy atom. The highest BCUT2D eigenvalue weighted by Gasteiger charge is 2.33. The van der Waals surface area contributed by atoms with E-state index in [1.165, 1.54) is 29.1 Å². The largest absolute Gasteiger partial charge is 0.573 e. The molecule has 0 radical (unpaired) electrons. The summed E-state index contributed by atoms with van der Waals surface area (Å²) in [6.45, 7) is 1.50. The first-order valence-corrected chi connectivity index (χ1v) is 11.2. The lowest BCUT2D eigenvalue weighted by Gasteiger charge is -2.24. The van der Waals surface area contributed by atoms with Gasteiger partial charge in [0, 0.05) is 27.5 Å². The van der Waals surface area contributed by atoms with Gasteiger partial charge in [-0.05, 0) is 55.5 Å². The summed E-state index contributed by atoms with van der Waals surface area (Å²) in [7, 11) is -0.204. The van der Waals surface area contributed by atoms with Gasteiger partial charge < -0.3 is 9.47 Å². The van der Waals surface area contributed by atoms with Gasteiger partial charge in [-0.1, -0.05) is 30.2 Å². The predicted molar refractivity (Wildman–Crippen MR) is 122 cm³/mol. The minimum Gasteiger partial charge on any atom is -0.438 e. The Kier molecular flexibility index (Phi) is 5.88. The third kappa shape index (κ3) is 4.86. The Labute approximate surface area is 191 Å². The van der Waals surface area contributed by atoms with Crippen molar-refractivity contribution < 1.29 is 27.4 Å². The molecule has 4 rings (SSSR count). The fourth-order valence-electron chi connectivity index (χ4n) is 3.37. The third-order valence-electron chi connectivity index (χ3n) is 5.09. The van der Waals surface area contributed by atoms with Gasteiger partial charge in [-0.25, -0.2) is 4.79 Å². The fourth-order valence-corrected chi connectivity index (χ4v) is 5.25. The lowest BCUT2D eigenvalue weighted by atomic mass is 9.96. The number of halogens is 3. The molecule has 3 aromatic carbocycles. The van der Waals surface area contributed by atoms with Crippen LogP contribution in [0, 0.1) is 12.3 Å². The molecule has 0 amide bonds. The molecule has 0 aliphatic rings. The number of carbonyl (C=O) groups excluding carboxylic acids is 1. The van der Waals surface area contributed by atoms with Crippen molar-refractivity contribution in [3.05, 3.63) is 95.4 Å². The molecule has 4 aromatic rings. The van der Waals surface area contributed by atoms with E-state index in [0.29, 0.717) is 11.1 Å². The summed E-state index contributed by atoms with van der Waals surface area (Å²) in [4.78, 5) is 13.8. The summed E-state index contributed by atoms with van der Waals surface area (Å²) >= 11 is 0. The smallest absolute Gasteiger partial charge is 0.438 e. The topological polar surface area (TPSA) is 35.5 Å². The zero-order valence-corrected chi connectivity index (χ0v) is 18.2. The van der Waals surface area contributed by atoms with Crippen LogP contribution >= 0.6 is 10.5 Å². The quantitative estimate of drug-likeness (QED) is 0.177. The van der Waals surface area contributed by atoms with Crippen molar-refractivity contribution in [2.24, 2.45) is 0 Å². The Bertz CT molecular complexity index is 1330. The highest BCUT2D eigenvalue weighted by Crippen LogP contribution is 2.39. The second-order valence-electron chi connectivity index (χ2n) is 7.34. The van der Waals surface area contributed by atoms with Crippen LogP contribution in [0.3, 0.4) is 0 Å². The maximum Gasteiger partial charge on any atom is 0.573 e. The van der Waals surface area contributed by atoms with E-state index in [4.69, 9.17) is 11.2 Å². The summed E-state index contributed by atoms with van der Waals surface area (Å²) in [6, 6.07) is 22.3.